The Balaban J connectivity index is 1.41. The van der Waals surface area contributed by atoms with Crippen LogP contribution in [0.15, 0.2) is 36.4 Å². The van der Waals surface area contributed by atoms with Crippen LogP contribution in [0.2, 0.25) is 0 Å². The van der Waals surface area contributed by atoms with Gasteiger partial charge in [-0.3, -0.25) is 4.79 Å². The Morgan fingerprint density at radius 1 is 1.14 bits per heavy atom. The molecule has 0 N–H and O–H groups in total. The second-order valence-corrected chi connectivity index (χ2v) is 7.19. The van der Waals surface area contributed by atoms with Crippen molar-refractivity contribution in [2.24, 2.45) is 0 Å². The number of fused-ring (bicyclic) bond motifs is 1. The van der Waals surface area contributed by atoms with Gasteiger partial charge in [0.25, 0.3) is 5.91 Å². The van der Waals surface area contributed by atoms with E-state index in [2.05, 4.69) is 0 Å². The summed E-state index contributed by atoms with van der Waals surface area (Å²) in [6.45, 7) is 2.85. The van der Waals surface area contributed by atoms with Crippen molar-refractivity contribution in [1.29, 1.82) is 0 Å². The van der Waals surface area contributed by atoms with Crippen molar-refractivity contribution < 1.29 is 28.2 Å². The zero-order chi connectivity index (χ0) is 20.4. The molecule has 4 rings (SSSR count). The molecule has 2 heterocycles. The van der Waals surface area contributed by atoms with Crippen molar-refractivity contribution in [2.75, 3.05) is 26.4 Å². The highest BCUT2D eigenvalue weighted by atomic mass is 19.1. The lowest BCUT2D eigenvalue weighted by molar-refractivity contribution is -0.135. The van der Waals surface area contributed by atoms with Crippen molar-refractivity contribution in [2.45, 2.75) is 25.8 Å². The minimum absolute atomic E-state index is 0.0886. The lowest BCUT2D eigenvalue weighted by Gasteiger charge is -2.26. The van der Waals surface area contributed by atoms with E-state index in [-0.39, 0.29) is 24.1 Å². The van der Waals surface area contributed by atoms with Gasteiger partial charge < -0.3 is 19.1 Å². The third kappa shape index (κ3) is 4.04. The number of carbonyl (C=O) groups is 2. The number of carbonyl (C=O) groups excluding carboxylic acids is 2. The number of ether oxygens (including phenoxy) is 3. The third-order valence-corrected chi connectivity index (χ3v) is 5.26. The molecule has 29 heavy (non-hydrogen) atoms. The van der Waals surface area contributed by atoms with Gasteiger partial charge in [0.1, 0.15) is 19.0 Å². The molecule has 0 spiro atoms. The Bertz CT molecular complexity index is 945. The van der Waals surface area contributed by atoms with E-state index in [1.165, 1.54) is 12.1 Å². The van der Waals surface area contributed by atoms with Gasteiger partial charge in [0, 0.05) is 6.54 Å². The van der Waals surface area contributed by atoms with Crippen molar-refractivity contribution >= 4 is 11.9 Å². The number of aryl methyl sites for hydroxylation is 1. The quantitative estimate of drug-likeness (QED) is 0.737. The number of likely N-dealkylation sites (tertiary alicyclic amines) is 1. The minimum Gasteiger partial charge on any atom is -0.486 e. The van der Waals surface area contributed by atoms with Crippen molar-refractivity contribution in [3.05, 3.63) is 58.9 Å². The second kappa shape index (κ2) is 8.11. The van der Waals surface area contributed by atoms with Crippen LogP contribution in [0.1, 0.15) is 40.4 Å². The highest BCUT2D eigenvalue weighted by Crippen LogP contribution is 2.38. The van der Waals surface area contributed by atoms with Crippen LogP contribution in [0.3, 0.4) is 0 Å². The summed E-state index contributed by atoms with van der Waals surface area (Å²) in [5, 5.41) is 0. The average molecular weight is 399 g/mol. The molecule has 1 atom stereocenters. The topological polar surface area (TPSA) is 65.1 Å². The van der Waals surface area contributed by atoms with Crippen LogP contribution < -0.4 is 9.47 Å². The second-order valence-electron chi connectivity index (χ2n) is 7.19. The summed E-state index contributed by atoms with van der Waals surface area (Å²) < 4.78 is 30.0. The predicted molar refractivity (Wildman–Crippen MR) is 103 cm³/mol. The molecule has 2 aromatic rings. The summed E-state index contributed by atoms with van der Waals surface area (Å²) in [5.74, 6) is -0.0874. The summed E-state index contributed by atoms with van der Waals surface area (Å²) in [6.07, 6.45) is 1.68. The number of halogens is 1. The highest BCUT2D eigenvalue weighted by Gasteiger charge is 2.31. The van der Waals surface area contributed by atoms with E-state index in [9.17, 15) is 14.0 Å². The molecule has 7 heteroatoms. The molecule has 2 aliphatic rings. The summed E-state index contributed by atoms with van der Waals surface area (Å²) in [5.41, 5.74) is 1.50. The molecule has 0 bridgehead atoms. The Morgan fingerprint density at radius 3 is 2.72 bits per heavy atom. The third-order valence-electron chi connectivity index (χ3n) is 5.26. The first-order chi connectivity index (χ1) is 14.0. The van der Waals surface area contributed by atoms with Gasteiger partial charge in [-0.15, -0.1) is 0 Å². The Morgan fingerprint density at radius 2 is 1.93 bits per heavy atom. The van der Waals surface area contributed by atoms with E-state index in [0.717, 1.165) is 24.5 Å². The van der Waals surface area contributed by atoms with Crippen LogP contribution in [0, 0.1) is 12.7 Å². The average Bonchev–Trinajstić information content (AvgIpc) is 3.23. The lowest BCUT2D eigenvalue weighted by Crippen LogP contribution is -2.34. The van der Waals surface area contributed by atoms with Crippen molar-refractivity contribution in [3.8, 4) is 11.5 Å². The first-order valence-electron chi connectivity index (χ1n) is 9.65. The first-order valence-corrected chi connectivity index (χ1v) is 9.65. The molecule has 1 fully saturated rings. The number of nitrogens with zero attached hydrogens (tertiary/aromatic N) is 1. The van der Waals surface area contributed by atoms with Gasteiger partial charge in [0.15, 0.2) is 18.1 Å². The first kappa shape index (κ1) is 19.2. The van der Waals surface area contributed by atoms with E-state index in [0.29, 0.717) is 36.8 Å². The van der Waals surface area contributed by atoms with E-state index in [1.807, 2.05) is 18.2 Å². The normalized spacial score (nSPS) is 17.9. The number of amides is 1. The van der Waals surface area contributed by atoms with E-state index >= 15 is 0 Å². The van der Waals surface area contributed by atoms with Crippen LogP contribution in [-0.2, 0) is 9.53 Å². The van der Waals surface area contributed by atoms with Gasteiger partial charge in [-0.2, -0.15) is 0 Å². The molecule has 1 unspecified atom stereocenters. The van der Waals surface area contributed by atoms with Crippen LogP contribution in [0.4, 0.5) is 4.39 Å². The van der Waals surface area contributed by atoms with E-state index < -0.39 is 11.8 Å². The summed E-state index contributed by atoms with van der Waals surface area (Å²) in [4.78, 5) is 26.6. The monoisotopic (exact) mass is 399 g/mol. The molecule has 152 valence electrons. The molecule has 2 aliphatic heterocycles. The van der Waals surface area contributed by atoms with Gasteiger partial charge in [0.2, 0.25) is 0 Å². The van der Waals surface area contributed by atoms with Crippen molar-refractivity contribution in [1.82, 2.24) is 4.90 Å². The Hall–Kier alpha value is -3.09. The Labute approximate surface area is 168 Å². The molecule has 6 nitrogen and oxygen atoms in total. The SMILES string of the molecule is Cc1ccc(C(=O)OCC(=O)N2CCCC2c2ccc3c(c2)OCCO3)cc1F. The molecule has 0 radical (unpaired) electrons. The summed E-state index contributed by atoms with van der Waals surface area (Å²) in [7, 11) is 0. The van der Waals surface area contributed by atoms with Crippen LogP contribution in [0.5, 0.6) is 11.5 Å². The fraction of sp³-hybridized carbons (Fsp3) is 0.364. The predicted octanol–water partition coefficient (Wildman–Crippen LogP) is 3.43. The van der Waals surface area contributed by atoms with E-state index in [4.69, 9.17) is 14.2 Å². The molecule has 0 saturated carbocycles. The number of hydrogen-bond acceptors (Lipinski definition) is 5. The molecule has 1 amide bonds. The lowest BCUT2D eigenvalue weighted by atomic mass is 10.0. The molecule has 1 saturated heterocycles. The standard InChI is InChI=1S/C22H22FNO5/c1-14-4-5-16(11-17(14)23)22(26)29-13-21(25)24-8-2-3-18(24)15-6-7-19-20(12-15)28-10-9-27-19/h4-7,11-12,18H,2-3,8-10,13H2,1H3. The molecule has 0 aromatic heterocycles. The van der Waals surface area contributed by atoms with Gasteiger partial charge >= 0.3 is 5.97 Å². The maximum Gasteiger partial charge on any atom is 0.338 e. The Kier molecular flexibility index (Phi) is 5.38. The highest BCUT2D eigenvalue weighted by molar-refractivity contribution is 5.91. The minimum atomic E-state index is -0.715. The zero-order valence-electron chi connectivity index (χ0n) is 16.2. The number of benzene rings is 2. The van der Waals surface area contributed by atoms with Gasteiger partial charge in [-0.05, 0) is 55.2 Å². The molecule has 0 aliphatic carbocycles. The largest absolute Gasteiger partial charge is 0.486 e. The van der Waals surface area contributed by atoms with Crippen LogP contribution in [0.25, 0.3) is 0 Å². The van der Waals surface area contributed by atoms with Gasteiger partial charge in [0.05, 0.1) is 11.6 Å². The van der Waals surface area contributed by atoms with Crippen LogP contribution in [-0.4, -0.2) is 43.1 Å². The fourth-order valence-electron chi connectivity index (χ4n) is 3.69. The summed E-state index contributed by atoms with van der Waals surface area (Å²) >= 11 is 0. The van der Waals surface area contributed by atoms with Crippen LogP contribution >= 0.6 is 0 Å². The maximum absolute atomic E-state index is 13.6. The molecular formula is C22H22FNO5. The number of rotatable bonds is 4. The smallest absolute Gasteiger partial charge is 0.338 e. The number of esters is 1. The number of hydrogen-bond donors (Lipinski definition) is 0. The van der Waals surface area contributed by atoms with Gasteiger partial charge in [-0.1, -0.05) is 12.1 Å². The molecular weight excluding hydrogens is 377 g/mol. The van der Waals surface area contributed by atoms with E-state index in [1.54, 1.807) is 11.8 Å². The summed E-state index contributed by atoms with van der Waals surface area (Å²) in [6, 6.07) is 9.71. The van der Waals surface area contributed by atoms with Gasteiger partial charge in [-0.25, -0.2) is 9.18 Å². The zero-order valence-corrected chi connectivity index (χ0v) is 16.2. The molecule has 2 aromatic carbocycles. The van der Waals surface area contributed by atoms with Crippen molar-refractivity contribution in [3.63, 3.8) is 0 Å². The fourth-order valence-corrected chi connectivity index (χ4v) is 3.69. The maximum atomic E-state index is 13.6.